The molecule has 0 bridgehead atoms. The molecule has 2 fully saturated rings. The van der Waals surface area contributed by atoms with E-state index >= 15 is 0 Å². The van der Waals surface area contributed by atoms with Crippen LogP contribution in [0, 0.1) is 6.57 Å². The van der Waals surface area contributed by atoms with Crippen LogP contribution >= 0.6 is 0 Å². The number of benzene rings is 1. The van der Waals surface area contributed by atoms with E-state index in [1.807, 2.05) is 48.7 Å². The van der Waals surface area contributed by atoms with Crippen LogP contribution in [-0.2, 0) is 15.1 Å². The first-order chi connectivity index (χ1) is 23.2. The number of aromatic nitrogens is 4. The third-order valence-electron chi connectivity index (χ3n) is 9.47. The second-order valence-electron chi connectivity index (χ2n) is 14.7. The third-order valence-corrected chi connectivity index (χ3v) is 9.47. The Kier molecular flexibility index (Phi) is 9.41. The second kappa shape index (κ2) is 13.4. The average molecular weight is 671 g/mol. The lowest BCUT2D eigenvalue weighted by atomic mass is 9.89. The number of piperazine rings is 1. The molecule has 1 aliphatic heterocycles. The molecule has 3 aromatic heterocycles. The quantitative estimate of drug-likeness (QED) is 0.237. The molecule has 260 valence electrons. The molecule has 4 heterocycles. The van der Waals surface area contributed by atoms with Crippen molar-refractivity contribution < 1.29 is 24.2 Å². The van der Waals surface area contributed by atoms with Crippen molar-refractivity contribution in [1.29, 1.82) is 0 Å². The lowest BCUT2D eigenvalue weighted by molar-refractivity contribution is -0.0270. The van der Waals surface area contributed by atoms with Gasteiger partial charge in [-0.3, -0.25) is 14.4 Å². The van der Waals surface area contributed by atoms with Gasteiger partial charge in [-0.05, 0) is 90.6 Å². The number of nitrogens with zero attached hydrogens (tertiary/aromatic N) is 7. The first-order valence-electron chi connectivity index (χ1n) is 16.9. The van der Waals surface area contributed by atoms with E-state index in [4.69, 9.17) is 21.1 Å². The van der Waals surface area contributed by atoms with Crippen molar-refractivity contribution in [2.24, 2.45) is 0 Å². The number of carbonyl (C=O) groups excluding carboxylic acids is 2. The second-order valence-corrected chi connectivity index (χ2v) is 14.7. The minimum atomic E-state index is -1.24. The van der Waals surface area contributed by atoms with Gasteiger partial charge in [-0.2, -0.15) is 10.2 Å². The van der Waals surface area contributed by atoms with Crippen LogP contribution in [-0.4, -0.2) is 97.3 Å². The van der Waals surface area contributed by atoms with Gasteiger partial charge in [-0.25, -0.2) is 14.2 Å². The SMILES string of the molecule is [C-]#[N+]c1cnn2c(C(=O)Nc3cc4cn(C5CCC(N6CCN(C(=O)OC(C)(C)C)[C@H](COC)C6)CC5)nc4cc3C(C)(C)O)ccc2c1. The van der Waals surface area contributed by atoms with E-state index in [-0.39, 0.29) is 24.1 Å². The van der Waals surface area contributed by atoms with Gasteiger partial charge in [-0.1, -0.05) is 0 Å². The predicted octanol–water partition coefficient (Wildman–Crippen LogP) is 5.77. The fourth-order valence-corrected chi connectivity index (χ4v) is 7.09. The summed E-state index contributed by atoms with van der Waals surface area (Å²) in [5.74, 6) is -0.377. The Morgan fingerprint density at radius 2 is 1.80 bits per heavy atom. The number of ether oxygens (including phenoxy) is 2. The number of carbonyl (C=O) groups is 2. The van der Waals surface area contributed by atoms with Gasteiger partial charge in [0, 0.05) is 55.6 Å². The fourth-order valence-electron chi connectivity index (χ4n) is 7.09. The standard InChI is InChI=1S/C36H46N8O5/c1-35(2,3)49-34(46)42-15-14-41(21-28(42)22-48-7)25-8-10-26(11-9-25)43-20-23-16-31(29(36(4,5)47)18-30(23)40-43)39-33(45)32-13-12-27-17-24(37-6)19-38-44(27)32/h12-13,16-20,25-26,28,47H,8-11,14-15,21-22H2,1-5,7H3,(H,39,45)/t25?,26?,28-/m0/s1. The van der Waals surface area contributed by atoms with Crippen LogP contribution in [0.4, 0.5) is 16.2 Å². The van der Waals surface area contributed by atoms with Gasteiger partial charge in [0.2, 0.25) is 5.69 Å². The number of anilines is 1. The number of hydrogen-bond acceptors (Lipinski definition) is 8. The number of fused-ring (bicyclic) bond motifs is 2. The Balaban J connectivity index is 1.15. The average Bonchev–Trinajstić information content (AvgIpc) is 3.67. The normalized spacial score (nSPS) is 20.8. The lowest BCUT2D eigenvalue weighted by Gasteiger charge is -2.45. The summed E-state index contributed by atoms with van der Waals surface area (Å²) in [4.78, 5) is 34.1. The van der Waals surface area contributed by atoms with Gasteiger partial charge in [0.15, 0.2) is 0 Å². The van der Waals surface area contributed by atoms with Crippen molar-refractivity contribution in [2.75, 3.05) is 38.7 Å². The van der Waals surface area contributed by atoms with Crippen molar-refractivity contribution in [3.8, 4) is 0 Å². The van der Waals surface area contributed by atoms with E-state index in [1.54, 1.807) is 39.2 Å². The molecule has 1 aromatic carbocycles. The predicted molar refractivity (Wildman–Crippen MR) is 186 cm³/mol. The first-order valence-corrected chi connectivity index (χ1v) is 16.9. The van der Waals surface area contributed by atoms with Crippen LogP contribution in [0.5, 0.6) is 0 Å². The number of nitrogens with one attached hydrogen (secondary N) is 1. The Morgan fingerprint density at radius 1 is 1.06 bits per heavy atom. The zero-order valence-electron chi connectivity index (χ0n) is 29.1. The molecule has 6 rings (SSSR count). The smallest absolute Gasteiger partial charge is 0.410 e. The monoisotopic (exact) mass is 670 g/mol. The molecule has 1 saturated carbocycles. The molecule has 2 N–H and O–H groups in total. The van der Waals surface area contributed by atoms with E-state index in [9.17, 15) is 14.7 Å². The highest BCUT2D eigenvalue weighted by molar-refractivity contribution is 6.05. The third kappa shape index (κ3) is 7.41. The van der Waals surface area contributed by atoms with Crippen molar-refractivity contribution in [3.63, 3.8) is 0 Å². The molecule has 1 saturated heterocycles. The van der Waals surface area contributed by atoms with Crippen LogP contribution in [0.15, 0.2) is 42.7 Å². The number of hydrogen-bond donors (Lipinski definition) is 2. The summed E-state index contributed by atoms with van der Waals surface area (Å²) in [6.45, 7) is 18.9. The summed E-state index contributed by atoms with van der Waals surface area (Å²) >= 11 is 0. The van der Waals surface area contributed by atoms with Crippen LogP contribution in [0.3, 0.4) is 0 Å². The molecule has 13 nitrogen and oxygen atoms in total. The van der Waals surface area contributed by atoms with Crippen LogP contribution in [0.25, 0.3) is 21.3 Å². The minimum Gasteiger partial charge on any atom is -0.444 e. The summed E-state index contributed by atoms with van der Waals surface area (Å²) in [7, 11) is 1.67. The molecule has 0 spiro atoms. The lowest BCUT2D eigenvalue weighted by Crippen LogP contribution is -2.59. The van der Waals surface area contributed by atoms with Crippen molar-refractivity contribution >= 4 is 39.8 Å². The van der Waals surface area contributed by atoms with Crippen molar-refractivity contribution in [1.82, 2.24) is 29.2 Å². The molecule has 0 unspecified atom stereocenters. The maximum Gasteiger partial charge on any atom is 0.410 e. The molecule has 1 atom stereocenters. The van der Waals surface area contributed by atoms with Crippen LogP contribution in [0.1, 0.15) is 82.4 Å². The highest BCUT2D eigenvalue weighted by Crippen LogP contribution is 2.36. The van der Waals surface area contributed by atoms with Gasteiger partial charge >= 0.3 is 6.09 Å². The van der Waals surface area contributed by atoms with Crippen molar-refractivity contribution in [3.05, 3.63) is 65.4 Å². The van der Waals surface area contributed by atoms with E-state index in [0.717, 1.165) is 49.7 Å². The van der Waals surface area contributed by atoms with Crippen LogP contribution < -0.4 is 5.32 Å². The highest BCUT2D eigenvalue weighted by Gasteiger charge is 2.37. The van der Waals surface area contributed by atoms with Gasteiger partial charge in [0.1, 0.15) is 11.3 Å². The molecule has 2 aliphatic rings. The summed E-state index contributed by atoms with van der Waals surface area (Å²) < 4.78 is 14.7. The van der Waals surface area contributed by atoms with Gasteiger partial charge in [-0.15, -0.1) is 0 Å². The van der Waals surface area contributed by atoms with E-state index in [1.165, 1.54) is 10.7 Å². The van der Waals surface area contributed by atoms with Gasteiger partial charge < -0.3 is 24.8 Å². The summed E-state index contributed by atoms with van der Waals surface area (Å²) in [6, 6.07) is 9.39. The maximum atomic E-state index is 13.5. The highest BCUT2D eigenvalue weighted by atomic mass is 16.6. The van der Waals surface area contributed by atoms with Crippen molar-refractivity contribution in [2.45, 2.75) is 89.6 Å². The van der Waals surface area contributed by atoms with Gasteiger partial charge in [0.25, 0.3) is 5.91 Å². The minimum absolute atomic E-state index is 0.0624. The largest absolute Gasteiger partial charge is 0.444 e. The van der Waals surface area contributed by atoms with E-state index in [0.29, 0.717) is 47.3 Å². The van der Waals surface area contributed by atoms with E-state index in [2.05, 4.69) is 20.2 Å². The number of rotatable bonds is 7. The molecule has 13 heteroatoms. The Labute approximate surface area is 286 Å². The van der Waals surface area contributed by atoms with E-state index < -0.39 is 11.2 Å². The van der Waals surface area contributed by atoms with Crippen LogP contribution in [0.2, 0.25) is 0 Å². The van der Waals surface area contributed by atoms with Gasteiger partial charge in [0.05, 0.1) is 48.1 Å². The zero-order chi connectivity index (χ0) is 35.1. The molecular weight excluding hydrogens is 624 g/mol. The molecule has 4 aromatic rings. The summed E-state index contributed by atoms with van der Waals surface area (Å²) in [5, 5.41) is 24.2. The summed E-state index contributed by atoms with van der Waals surface area (Å²) in [6.07, 6.45) is 7.12. The Bertz CT molecular complexity index is 1890. The molecule has 2 amide bonds. The number of amides is 2. The molecule has 49 heavy (non-hydrogen) atoms. The number of methoxy groups -OCH3 is 1. The maximum absolute atomic E-state index is 13.5. The Hall–Kier alpha value is -4.51. The Morgan fingerprint density at radius 3 is 2.47 bits per heavy atom. The molecular formula is C36H46N8O5. The molecule has 1 aliphatic carbocycles. The fraction of sp³-hybridized carbons (Fsp3) is 0.528. The number of aliphatic hydroxyl groups is 1. The first kappa shape index (κ1) is 34.4. The molecule has 0 radical (unpaired) electrons. The topological polar surface area (TPSA) is 131 Å². The zero-order valence-corrected chi connectivity index (χ0v) is 29.1. The summed E-state index contributed by atoms with van der Waals surface area (Å²) in [5.41, 5.74) is 1.38.